The first-order chi connectivity index (χ1) is 14.0. The zero-order valence-electron chi connectivity index (χ0n) is 16.0. The standard InChI is InChI=1S/C22H24F2N2O2S/c23-22(24)29-19-9-5-4-8-18(19)25-21(28)17-12-14-26(15-13-17)20(27)11-10-16-6-2-1-3-7-16/h1-9,17,22H,10-15H2,(H,25,28). The number of rotatable bonds is 7. The van der Waals surface area contributed by atoms with Crippen molar-refractivity contribution in [3.63, 3.8) is 0 Å². The van der Waals surface area contributed by atoms with Crippen molar-refractivity contribution in [2.45, 2.75) is 36.3 Å². The summed E-state index contributed by atoms with van der Waals surface area (Å²) in [6, 6.07) is 16.5. The molecule has 0 aromatic heterocycles. The predicted molar refractivity (Wildman–Crippen MR) is 111 cm³/mol. The SMILES string of the molecule is O=C(Nc1ccccc1SC(F)F)C1CCN(C(=O)CCc2ccccc2)CC1. The third-order valence-corrected chi connectivity index (χ3v) is 5.84. The number of nitrogens with one attached hydrogen (secondary N) is 1. The summed E-state index contributed by atoms with van der Waals surface area (Å²) in [4.78, 5) is 27.2. The van der Waals surface area contributed by atoms with Crippen LogP contribution < -0.4 is 5.32 Å². The summed E-state index contributed by atoms with van der Waals surface area (Å²) >= 11 is 0.421. The molecule has 2 aromatic carbocycles. The Labute approximate surface area is 173 Å². The van der Waals surface area contributed by atoms with Crippen LogP contribution in [-0.4, -0.2) is 35.6 Å². The number of alkyl halides is 2. The van der Waals surface area contributed by atoms with Crippen molar-refractivity contribution < 1.29 is 18.4 Å². The minimum atomic E-state index is -2.54. The molecular weight excluding hydrogens is 394 g/mol. The smallest absolute Gasteiger partial charge is 0.288 e. The zero-order valence-corrected chi connectivity index (χ0v) is 16.8. The molecular formula is C22H24F2N2O2S. The Hall–Kier alpha value is -2.41. The molecule has 0 aliphatic carbocycles. The number of hydrogen-bond donors (Lipinski definition) is 1. The lowest BCUT2D eigenvalue weighted by molar-refractivity contribution is -0.134. The molecule has 7 heteroatoms. The summed E-state index contributed by atoms with van der Waals surface area (Å²) in [5.41, 5.74) is 1.54. The van der Waals surface area contributed by atoms with E-state index in [1.54, 1.807) is 24.3 Å². The number of aryl methyl sites for hydroxylation is 1. The van der Waals surface area contributed by atoms with Crippen LogP contribution >= 0.6 is 11.8 Å². The number of hydrogen-bond acceptors (Lipinski definition) is 3. The molecule has 1 saturated heterocycles. The van der Waals surface area contributed by atoms with Crippen LogP contribution in [0.4, 0.5) is 14.5 Å². The van der Waals surface area contributed by atoms with E-state index in [1.807, 2.05) is 35.2 Å². The maximum atomic E-state index is 12.7. The Kier molecular flexibility index (Phi) is 7.63. The largest absolute Gasteiger partial charge is 0.343 e. The summed E-state index contributed by atoms with van der Waals surface area (Å²) in [6.07, 6.45) is 2.32. The van der Waals surface area contributed by atoms with Gasteiger partial charge in [0, 0.05) is 30.3 Å². The van der Waals surface area contributed by atoms with Gasteiger partial charge in [-0.2, -0.15) is 8.78 Å². The Bertz CT molecular complexity index is 825. The van der Waals surface area contributed by atoms with Crippen LogP contribution in [0.15, 0.2) is 59.5 Å². The first kappa shape index (κ1) is 21.3. The van der Waals surface area contributed by atoms with Gasteiger partial charge in [0.05, 0.1) is 5.69 Å². The van der Waals surface area contributed by atoms with Gasteiger partial charge in [-0.3, -0.25) is 9.59 Å². The van der Waals surface area contributed by atoms with E-state index in [0.29, 0.717) is 61.1 Å². The molecule has 2 aromatic rings. The van der Waals surface area contributed by atoms with Gasteiger partial charge in [-0.1, -0.05) is 54.2 Å². The van der Waals surface area contributed by atoms with E-state index >= 15 is 0 Å². The Morgan fingerprint density at radius 2 is 1.69 bits per heavy atom. The first-order valence-electron chi connectivity index (χ1n) is 9.69. The number of benzene rings is 2. The van der Waals surface area contributed by atoms with Gasteiger partial charge in [-0.05, 0) is 37.0 Å². The van der Waals surface area contributed by atoms with E-state index < -0.39 is 5.76 Å². The second kappa shape index (κ2) is 10.4. The lowest BCUT2D eigenvalue weighted by Gasteiger charge is -2.31. The second-order valence-corrected chi connectivity index (χ2v) is 8.04. The zero-order chi connectivity index (χ0) is 20.6. The van der Waals surface area contributed by atoms with Crippen LogP contribution in [-0.2, 0) is 16.0 Å². The molecule has 3 rings (SSSR count). The molecule has 0 spiro atoms. The van der Waals surface area contributed by atoms with Crippen molar-refractivity contribution >= 4 is 29.3 Å². The van der Waals surface area contributed by atoms with E-state index in [1.165, 1.54) is 0 Å². The highest BCUT2D eigenvalue weighted by Crippen LogP contribution is 2.32. The number of carbonyl (C=O) groups is 2. The fourth-order valence-corrected chi connectivity index (χ4v) is 4.04. The number of likely N-dealkylation sites (tertiary alicyclic amines) is 1. The van der Waals surface area contributed by atoms with Crippen molar-refractivity contribution in [1.29, 1.82) is 0 Å². The molecule has 4 nitrogen and oxygen atoms in total. The lowest BCUT2D eigenvalue weighted by Crippen LogP contribution is -2.41. The minimum absolute atomic E-state index is 0.103. The fourth-order valence-electron chi connectivity index (χ4n) is 3.45. The van der Waals surface area contributed by atoms with Crippen LogP contribution in [0.3, 0.4) is 0 Å². The summed E-state index contributed by atoms with van der Waals surface area (Å²) in [5.74, 6) is -2.84. The van der Waals surface area contributed by atoms with Crippen LogP contribution in [0.25, 0.3) is 0 Å². The highest BCUT2D eigenvalue weighted by atomic mass is 32.2. The van der Waals surface area contributed by atoms with Gasteiger partial charge in [0.1, 0.15) is 0 Å². The number of anilines is 1. The molecule has 0 unspecified atom stereocenters. The minimum Gasteiger partial charge on any atom is -0.343 e. The highest BCUT2D eigenvalue weighted by Gasteiger charge is 2.27. The molecule has 154 valence electrons. The van der Waals surface area contributed by atoms with Crippen molar-refractivity contribution in [3.05, 3.63) is 60.2 Å². The fraction of sp³-hybridized carbons (Fsp3) is 0.364. The number of para-hydroxylation sites is 1. The quantitative estimate of drug-likeness (QED) is 0.657. The molecule has 0 saturated carbocycles. The van der Waals surface area contributed by atoms with Crippen molar-refractivity contribution in [2.75, 3.05) is 18.4 Å². The van der Waals surface area contributed by atoms with Gasteiger partial charge in [-0.15, -0.1) is 0 Å². The van der Waals surface area contributed by atoms with E-state index in [-0.39, 0.29) is 17.7 Å². The monoisotopic (exact) mass is 418 g/mol. The maximum Gasteiger partial charge on any atom is 0.288 e. The van der Waals surface area contributed by atoms with Gasteiger partial charge >= 0.3 is 0 Å². The Morgan fingerprint density at radius 1 is 1.03 bits per heavy atom. The summed E-state index contributed by atoms with van der Waals surface area (Å²) in [7, 11) is 0. The van der Waals surface area contributed by atoms with Crippen molar-refractivity contribution in [2.24, 2.45) is 5.92 Å². The van der Waals surface area contributed by atoms with E-state index in [9.17, 15) is 18.4 Å². The molecule has 1 aliphatic rings. The third-order valence-electron chi connectivity index (χ3n) is 5.05. The van der Waals surface area contributed by atoms with Crippen LogP contribution in [0, 0.1) is 5.92 Å². The van der Waals surface area contributed by atoms with Crippen LogP contribution in [0.1, 0.15) is 24.8 Å². The van der Waals surface area contributed by atoms with Crippen LogP contribution in [0.5, 0.6) is 0 Å². The molecule has 1 fully saturated rings. The average Bonchev–Trinajstić information content (AvgIpc) is 2.74. The lowest BCUT2D eigenvalue weighted by atomic mass is 9.95. The van der Waals surface area contributed by atoms with Gasteiger partial charge in [-0.25, -0.2) is 0 Å². The number of piperidine rings is 1. The van der Waals surface area contributed by atoms with Gasteiger partial charge < -0.3 is 10.2 Å². The molecule has 0 bridgehead atoms. The van der Waals surface area contributed by atoms with Crippen LogP contribution in [0.2, 0.25) is 0 Å². The van der Waals surface area contributed by atoms with Crippen molar-refractivity contribution in [3.8, 4) is 0 Å². The number of halogens is 2. The maximum absolute atomic E-state index is 12.7. The molecule has 1 N–H and O–H groups in total. The van der Waals surface area contributed by atoms with E-state index in [0.717, 1.165) is 5.56 Å². The van der Waals surface area contributed by atoms with Crippen molar-refractivity contribution in [1.82, 2.24) is 4.90 Å². The molecule has 29 heavy (non-hydrogen) atoms. The molecule has 1 aliphatic heterocycles. The normalized spacial score (nSPS) is 14.8. The number of nitrogens with zero attached hydrogens (tertiary/aromatic N) is 1. The first-order valence-corrected chi connectivity index (χ1v) is 10.6. The third kappa shape index (κ3) is 6.29. The average molecular weight is 419 g/mol. The van der Waals surface area contributed by atoms with Gasteiger partial charge in [0.25, 0.3) is 5.76 Å². The molecule has 0 radical (unpaired) electrons. The highest BCUT2D eigenvalue weighted by molar-refractivity contribution is 7.99. The molecule has 2 amide bonds. The van der Waals surface area contributed by atoms with E-state index in [2.05, 4.69) is 5.32 Å². The number of thioether (sulfide) groups is 1. The summed E-state index contributed by atoms with van der Waals surface area (Å²) in [5, 5.41) is 2.78. The van der Waals surface area contributed by atoms with Gasteiger partial charge in [0.2, 0.25) is 11.8 Å². The molecule has 1 heterocycles. The summed E-state index contributed by atoms with van der Waals surface area (Å²) in [6.45, 7) is 1.08. The number of carbonyl (C=O) groups excluding carboxylic acids is 2. The Balaban J connectivity index is 1.48. The Morgan fingerprint density at radius 3 is 2.38 bits per heavy atom. The second-order valence-electron chi connectivity index (χ2n) is 7.00. The predicted octanol–water partition coefficient (Wildman–Crippen LogP) is 4.81. The van der Waals surface area contributed by atoms with Gasteiger partial charge in [0.15, 0.2) is 0 Å². The molecule has 0 atom stereocenters. The summed E-state index contributed by atoms with van der Waals surface area (Å²) < 4.78 is 25.4. The van der Waals surface area contributed by atoms with E-state index in [4.69, 9.17) is 0 Å². The number of amides is 2. The topological polar surface area (TPSA) is 49.4 Å².